The van der Waals surface area contributed by atoms with Crippen molar-refractivity contribution in [3.63, 3.8) is 0 Å². The highest BCUT2D eigenvalue weighted by Crippen LogP contribution is 2.34. The fraction of sp³-hybridized carbons (Fsp3) is 0. The van der Waals surface area contributed by atoms with Gasteiger partial charge in [0.2, 0.25) is 0 Å². The van der Waals surface area contributed by atoms with Crippen LogP contribution in [0, 0.1) is 21.4 Å². The van der Waals surface area contributed by atoms with Crippen LogP contribution in [-0.4, -0.2) is 10.0 Å². The molecule has 0 aliphatic heterocycles. The number of nitriles is 1. The summed E-state index contributed by atoms with van der Waals surface area (Å²) in [5.74, 6) is -0.241. The number of phenols is 1. The average Bonchev–Trinajstić information content (AvgIpc) is 2.50. The Labute approximate surface area is 135 Å². The molecule has 0 fully saturated rings. The first-order valence-electron chi connectivity index (χ1n) is 5.97. The van der Waals surface area contributed by atoms with Crippen molar-refractivity contribution < 1.29 is 10.0 Å². The van der Waals surface area contributed by atoms with Crippen molar-refractivity contribution >= 4 is 40.5 Å². The van der Waals surface area contributed by atoms with E-state index in [1.807, 2.05) is 6.07 Å². The third-order valence-electron chi connectivity index (χ3n) is 2.84. The van der Waals surface area contributed by atoms with E-state index in [-0.39, 0.29) is 27.1 Å². The van der Waals surface area contributed by atoms with Crippen molar-refractivity contribution in [3.05, 3.63) is 67.7 Å². The maximum Gasteiger partial charge on any atom is 0.270 e. The molecule has 0 radical (unpaired) electrons. The van der Waals surface area contributed by atoms with Gasteiger partial charge in [-0.25, -0.2) is 0 Å². The van der Waals surface area contributed by atoms with E-state index in [0.29, 0.717) is 11.1 Å². The van der Waals surface area contributed by atoms with Gasteiger partial charge in [0.1, 0.15) is 0 Å². The number of nitrogens with zero attached hydrogens (tertiary/aromatic N) is 2. The fourth-order valence-corrected chi connectivity index (χ4v) is 2.31. The van der Waals surface area contributed by atoms with Crippen molar-refractivity contribution in [2.75, 3.05) is 0 Å². The number of nitro groups is 1. The van der Waals surface area contributed by atoms with E-state index in [1.54, 1.807) is 6.07 Å². The summed E-state index contributed by atoms with van der Waals surface area (Å²) in [7, 11) is 0. The minimum Gasteiger partial charge on any atom is -0.505 e. The summed E-state index contributed by atoms with van der Waals surface area (Å²) in [6.07, 6.45) is 1.48. The predicted molar refractivity (Wildman–Crippen MR) is 84.7 cm³/mol. The number of allylic oxidation sites excluding steroid dienone is 1. The van der Waals surface area contributed by atoms with E-state index in [0.717, 1.165) is 0 Å². The Morgan fingerprint density at radius 3 is 2.45 bits per heavy atom. The Morgan fingerprint density at radius 1 is 1.27 bits per heavy atom. The van der Waals surface area contributed by atoms with Gasteiger partial charge in [-0.05, 0) is 29.3 Å². The lowest BCUT2D eigenvalue weighted by Crippen LogP contribution is -1.89. The van der Waals surface area contributed by atoms with Crippen molar-refractivity contribution in [1.29, 1.82) is 5.26 Å². The summed E-state index contributed by atoms with van der Waals surface area (Å²) in [6.45, 7) is 0. The smallest absolute Gasteiger partial charge is 0.270 e. The number of phenolic OH excluding ortho intramolecular Hbond substituents is 1. The van der Waals surface area contributed by atoms with E-state index < -0.39 is 4.92 Å². The summed E-state index contributed by atoms with van der Waals surface area (Å²) in [5, 5.41) is 29.7. The summed E-state index contributed by atoms with van der Waals surface area (Å²) in [5.41, 5.74) is 0.995. The molecule has 2 aromatic carbocycles. The normalized spacial score (nSPS) is 11.0. The maximum absolute atomic E-state index is 10.8. The highest BCUT2D eigenvalue weighted by Gasteiger charge is 2.10. The lowest BCUT2D eigenvalue weighted by molar-refractivity contribution is -0.384. The van der Waals surface area contributed by atoms with Gasteiger partial charge in [-0.3, -0.25) is 10.1 Å². The molecule has 0 unspecified atom stereocenters. The molecule has 0 aromatic heterocycles. The van der Waals surface area contributed by atoms with E-state index in [2.05, 4.69) is 0 Å². The number of hydrogen-bond donors (Lipinski definition) is 1. The Balaban J connectivity index is 2.51. The molecule has 0 aliphatic rings. The predicted octanol–water partition coefficient (Wildman–Crippen LogP) is 4.67. The summed E-state index contributed by atoms with van der Waals surface area (Å²) >= 11 is 11.6. The third-order valence-corrected chi connectivity index (χ3v) is 3.41. The van der Waals surface area contributed by atoms with Crippen molar-refractivity contribution in [2.24, 2.45) is 0 Å². The minimum absolute atomic E-state index is 0.0510. The Morgan fingerprint density at radius 2 is 1.91 bits per heavy atom. The zero-order chi connectivity index (χ0) is 16.3. The lowest BCUT2D eigenvalue weighted by atomic mass is 10.0. The van der Waals surface area contributed by atoms with Crippen LogP contribution in [-0.2, 0) is 0 Å². The van der Waals surface area contributed by atoms with E-state index in [9.17, 15) is 20.5 Å². The number of nitro benzene ring substituents is 1. The fourth-order valence-electron chi connectivity index (χ4n) is 1.80. The monoisotopic (exact) mass is 334 g/mol. The van der Waals surface area contributed by atoms with Crippen LogP contribution >= 0.6 is 23.2 Å². The second kappa shape index (κ2) is 6.48. The van der Waals surface area contributed by atoms with E-state index in [1.165, 1.54) is 36.4 Å². The number of benzene rings is 2. The molecule has 2 rings (SSSR count). The molecular formula is C15H8Cl2N2O3. The van der Waals surface area contributed by atoms with Gasteiger partial charge in [0.15, 0.2) is 5.75 Å². The molecule has 1 N–H and O–H groups in total. The zero-order valence-corrected chi connectivity index (χ0v) is 12.5. The first-order chi connectivity index (χ1) is 10.4. The quantitative estimate of drug-likeness (QED) is 0.382. The van der Waals surface area contributed by atoms with E-state index >= 15 is 0 Å². The summed E-state index contributed by atoms with van der Waals surface area (Å²) < 4.78 is 0. The van der Waals surface area contributed by atoms with Crippen LogP contribution in [0.5, 0.6) is 5.75 Å². The van der Waals surface area contributed by atoms with Gasteiger partial charge in [-0.15, -0.1) is 0 Å². The van der Waals surface area contributed by atoms with Crippen molar-refractivity contribution in [1.82, 2.24) is 0 Å². The van der Waals surface area contributed by atoms with Crippen LogP contribution < -0.4 is 0 Å². The second-order valence-corrected chi connectivity index (χ2v) is 5.12. The number of rotatable bonds is 3. The number of hydrogen-bond acceptors (Lipinski definition) is 4. The SMILES string of the molecule is N#C/C(=C/c1cc(Cl)c(O)c(Cl)c1)c1cccc([N+](=O)[O-])c1. The molecule has 0 atom stereocenters. The van der Waals surface area contributed by atoms with Gasteiger partial charge in [-0.1, -0.05) is 35.3 Å². The van der Waals surface area contributed by atoms with Gasteiger partial charge in [0.25, 0.3) is 5.69 Å². The molecule has 0 aliphatic carbocycles. The molecule has 0 spiro atoms. The van der Waals surface area contributed by atoms with Gasteiger partial charge in [-0.2, -0.15) is 5.26 Å². The molecule has 0 saturated heterocycles. The Hall–Kier alpha value is -2.55. The van der Waals surface area contributed by atoms with Crippen molar-refractivity contribution in [3.8, 4) is 11.8 Å². The molecule has 110 valence electrons. The summed E-state index contributed by atoms with van der Waals surface area (Å²) in [4.78, 5) is 10.3. The van der Waals surface area contributed by atoms with Crippen LogP contribution in [0.15, 0.2) is 36.4 Å². The molecule has 0 heterocycles. The van der Waals surface area contributed by atoms with Gasteiger partial charge in [0, 0.05) is 12.1 Å². The Bertz CT molecular complexity index is 803. The van der Waals surface area contributed by atoms with Gasteiger partial charge in [0.05, 0.1) is 26.6 Å². The molecule has 5 nitrogen and oxygen atoms in total. The topological polar surface area (TPSA) is 87.2 Å². The molecule has 0 bridgehead atoms. The molecule has 7 heteroatoms. The van der Waals surface area contributed by atoms with Gasteiger partial charge >= 0.3 is 0 Å². The number of halogens is 2. The molecule has 2 aromatic rings. The zero-order valence-electron chi connectivity index (χ0n) is 11.0. The highest BCUT2D eigenvalue weighted by atomic mass is 35.5. The molecule has 22 heavy (non-hydrogen) atoms. The molecule has 0 saturated carbocycles. The van der Waals surface area contributed by atoms with Crippen LogP contribution in [0.25, 0.3) is 11.6 Å². The van der Waals surface area contributed by atoms with Gasteiger partial charge < -0.3 is 5.11 Å². The first kappa shape index (κ1) is 15.8. The first-order valence-corrected chi connectivity index (χ1v) is 6.72. The second-order valence-electron chi connectivity index (χ2n) is 4.31. The summed E-state index contributed by atoms with van der Waals surface area (Å²) in [6, 6.07) is 10.6. The minimum atomic E-state index is -0.535. The maximum atomic E-state index is 10.8. The van der Waals surface area contributed by atoms with Crippen LogP contribution in [0.1, 0.15) is 11.1 Å². The van der Waals surface area contributed by atoms with Crippen LogP contribution in [0.3, 0.4) is 0 Å². The van der Waals surface area contributed by atoms with Crippen molar-refractivity contribution in [2.45, 2.75) is 0 Å². The average molecular weight is 335 g/mol. The Kier molecular flexibility index (Phi) is 4.66. The standard InChI is InChI=1S/C15H8Cl2N2O3/c16-13-5-9(6-14(17)15(13)20)4-11(8-18)10-2-1-3-12(7-10)19(21)22/h1-7,20H/b11-4-. The van der Waals surface area contributed by atoms with Crippen LogP contribution in [0.2, 0.25) is 10.0 Å². The lowest BCUT2D eigenvalue weighted by Gasteiger charge is -2.03. The molecular weight excluding hydrogens is 327 g/mol. The highest BCUT2D eigenvalue weighted by molar-refractivity contribution is 6.37. The number of aromatic hydroxyl groups is 1. The third kappa shape index (κ3) is 3.37. The molecule has 0 amide bonds. The number of non-ortho nitro benzene ring substituents is 1. The largest absolute Gasteiger partial charge is 0.505 e. The van der Waals surface area contributed by atoms with Crippen LogP contribution in [0.4, 0.5) is 5.69 Å². The van der Waals surface area contributed by atoms with E-state index in [4.69, 9.17) is 23.2 Å².